The van der Waals surface area contributed by atoms with E-state index in [0.717, 1.165) is 17.7 Å². The molecule has 1 aromatic carbocycles. The van der Waals surface area contributed by atoms with Crippen LogP contribution in [0.4, 0.5) is 13.2 Å². The predicted molar refractivity (Wildman–Crippen MR) is 112 cm³/mol. The average molecular weight is 467 g/mol. The summed E-state index contributed by atoms with van der Waals surface area (Å²) in [5, 5.41) is 16.5. The van der Waals surface area contributed by atoms with Crippen molar-refractivity contribution in [3.8, 4) is 16.9 Å². The van der Waals surface area contributed by atoms with Crippen LogP contribution >= 0.6 is 11.6 Å². The van der Waals surface area contributed by atoms with Gasteiger partial charge >= 0.3 is 0 Å². The van der Waals surface area contributed by atoms with Gasteiger partial charge in [-0.2, -0.15) is 9.78 Å². The Labute approximate surface area is 185 Å². The first-order chi connectivity index (χ1) is 15.1. The van der Waals surface area contributed by atoms with Crippen molar-refractivity contribution in [1.29, 1.82) is 0 Å². The van der Waals surface area contributed by atoms with E-state index in [9.17, 15) is 27.9 Å². The molecule has 0 radical (unpaired) electrons. The van der Waals surface area contributed by atoms with Gasteiger partial charge in [0.15, 0.2) is 0 Å². The molecule has 2 N–H and O–H groups in total. The Morgan fingerprint density at radius 1 is 1.28 bits per heavy atom. The van der Waals surface area contributed by atoms with E-state index in [1.807, 2.05) is 5.32 Å². The van der Waals surface area contributed by atoms with Gasteiger partial charge in [0.05, 0.1) is 17.6 Å². The third-order valence-corrected chi connectivity index (χ3v) is 4.92. The third kappa shape index (κ3) is 4.97. The van der Waals surface area contributed by atoms with Gasteiger partial charge in [-0.3, -0.25) is 14.6 Å². The Hall–Kier alpha value is -3.24. The number of nitrogens with zero attached hydrogens (tertiary/aromatic N) is 3. The summed E-state index contributed by atoms with van der Waals surface area (Å²) in [7, 11) is 0. The number of pyridine rings is 1. The van der Waals surface area contributed by atoms with E-state index in [1.54, 1.807) is 30.3 Å². The molecule has 7 nitrogen and oxygen atoms in total. The molecular formula is C21H18ClF3N4O3. The summed E-state index contributed by atoms with van der Waals surface area (Å²) in [4.78, 5) is 29.7. The molecule has 1 amide bonds. The lowest BCUT2D eigenvalue weighted by molar-refractivity contribution is -0.0567. The van der Waals surface area contributed by atoms with Gasteiger partial charge in [0.2, 0.25) is 0 Å². The molecule has 2 aromatic heterocycles. The normalized spacial score (nSPS) is 14.1. The molecule has 11 heteroatoms. The molecule has 0 aliphatic rings. The molecule has 2 unspecified atom stereocenters. The molecule has 0 aliphatic carbocycles. The molecule has 0 spiro atoms. The number of alkyl halides is 3. The van der Waals surface area contributed by atoms with E-state index in [0.29, 0.717) is 10.6 Å². The molecule has 2 heterocycles. The number of hydrogen-bond donors (Lipinski definition) is 2. The van der Waals surface area contributed by atoms with Crippen LogP contribution in [0.3, 0.4) is 0 Å². The van der Waals surface area contributed by atoms with Gasteiger partial charge < -0.3 is 10.4 Å². The van der Waals surface area contributed by atoms with Crippen molar-refractivity contribution in [2.24, 2.45) is 0 Å². The number of carbonyl (C=O) groups is 1. The second-order valence-corrected chi connectivity index (χ2v) is 7.59. The van der Waals surface area contributed by atoms with Gasteiger partial charge in [-0.25, -0.2) is 13.2 Å². The summed E-state index contributed by atoms with van der Waals surface area (Å²) in [6.07, 6.45) is -0.488. The minimum Gasteiger partial charge on any atom is -0.385 e. The van der Waals surface area contributed by atoms with E-state index in [2.05, 4.69) is 10.1 Å². The molecule has 0 aliphatic heterocycles. The summed E-state index contributed by atoms with van der Waals surface area (Å²) in [5.74, 6) is -1.22. The van der Waals surface area contributed by atoms with Crippen molar-refractivity contribution in [1.82, 2.24) is 20.1 Å². The second kappa shape index (κ2) is 9.49. The SMILES string of the molecule is CC(O)(CF)C(NC(=O)c1cc(-c2ccc(Cl)cc2)nn(-c2cccnc2)c1=O)C(F)F. The van der Waals surface area contributed by atoms with Crippen LogP contribution in [0.1, 0.15) is 17.3 Å². The fourth-order valence-corrected chi connectivity index (χ4v) is 2.99. The number of halogens is 4. The maximum atomic E-state index is 13.4. The van der Waals surface area contributed by atoms with Crippen LogP contribution < -0.4 is 10.9 Å². The van der Waals surface area contributed by atoms with Gasteiger partial charge in [0.25, 0.3) is 17.9 Å². The summed E-state index contributed by atoms with van der Waals surface area (Å²) >= 11 is 5.90. The Balaban J connectivity index is 2.14. The molecule has 32 heavy (non-hydrogen) atoms. The molecule has 0 saturated carbocycles. The summed E-state index contributed by atoms with van der Waals surface area (Å²) in [5.41, 5.74) is -3.11. The van der Waals surface area contributed by atoms with Crippen LogP contribution in [0.25, 0.3) is 16.9 Å². The molecule has 3 aromatic rings. The van der Waals surface area contributed by atoms with Crippen LogP contribution in [0.15, 0.2) is 59.7 Å². The number of rotatable bonds is 7. The zero-order valence-electron chi connectivity index (χ0n) is 16.7. The van der Waals surface area contributed by atoms with Crippen LogP contribution in [0.2, 0.25) is 5.02 Å². The molecule has 0 bridgehead atoms. The first-order valence-corrected chi connectivity index (χ1v) is 9.70. The van der Waals surface area contributed by atoms with E-state index in [-0.39, 0.29) is 11.4 Å². The highest BCUT2D eigenvalue weighted by Crippen LogP contribution is 2.21. The van der Waals surface area contributed by atoms with Crippen molar-refractivity contribution >= 4 is 17.5 Å². The number of amides is 1. The van der Waals surface area contributed by atoms with Gasteiger partial charge in [0, 0.05) is 16.8 Å². The van der Waals surface area contributed by atoms with Crippen molar-refractivity contribution in [2.45, 2.75) is 25.0 Å². The summed E-state index contributed by atoms with van der Waals surface area (Å²) in [6, 6.07) is 8.28. The number of nitrogens with one attached hydrogen (secondary N) is 1. The molecule has 0 fully saturated rings. The fourth-order valence-electron chi connectivity index (χ4n) is 2.86. The molecule has 2 atom stereocenters. The quantitative estimate of drug-likeness (QED) is 0.558. The van der Waals surface area contributed by atoms with Gasteiger partial charge in [-0.05, 0) is 37.3 Å². The Morgan fingerprint density at radius 2 is 1.97 bits per heavy atom. The predicted octanol–water partition coefficient (Wildman–Crippen LogP) is 3.03. The zero-order valence-corrected chi connectivity index (χ0v) is 17.4. The van der Waals surface area contributed by atoms with Gasteiger partial charge in [-0.1, -0.05) is 23.7 Å². The third-order valence-electron chi connectivity index (χ3n) is 4.67. The first kappa shape index (κ1) is 23.4. The highest BCUT2D eigenvalue weighted by molar-refractivity contribution is 6.30. The minimum atomic E-state index is -3.29. The molecule has 0 saturated heterocycles. The van der Waals surface area contributed by atoms with Crippen LogP contribution in [0, 0.1) is 0 Å². The topological polar surface area (TPSA) is 97.1 Å². The molecule has 168 valence electrons. The smallest absolute Gasteiger partial charge is 0.284 e. The second-order valence-electron chi connectivity index (χ2n) is 7.15. The van der Waals surface area contributed by atoms with E-state index >= 15 is 0 Å². The highest BCUT2D eigenvalue weighted by Gasteiger charge is 2.40. The Bertz CT molecular complexity index is 1160. The average Bonchev–Trinajstić information content (AvgIpc) is 2.78. The van der Waals surface area contributed by atoms with Crippen molar-refractivity contribution in [2.75, 3.05) is 6.67 Å². The zero-order chi connectivity index (χ0) is 23.5. The highest BCUT2D eigenvalue weighted by atomic mass is 35.5. The van der Waals surface area contributed by atoms with Gasteiger partial charge in [0.1, 0.15) is 23.9 Å². The summed E-state index contributed by atoms with van der Waals surface area (Å²) < 4.78 is 40.8. The van der Waals surface area contributed by atoms with E-state index < -0.39 is 41.8 Å². The standard InChI is InChI=1S/C21H18ClF3N4O3/c1-21(32,11-23)17(18(24)25)27-19(30)15-9-16(12-4-6-13(22)7-5-12)28-29(20(15)31)14-3-2-8-26-10-14/h2-10,17-18,32H,11H2,1H3,(H,27,30). The minimum absolute atomic E-state index is 0.168. The van der Waals surface area contributed by atoms with Crippen molar-refractivity contribution in [3.63, 3.8) is 0 Å². The number of aromatic nitrogens is 3. The van der Waals surface area contributed by atoms with E-state index in [4.69, 9.17) is 11.6 Å². The molecule has 3 rings (SSSR count). The largest absolute Gasteiger partial charge is 0.385 e. The Kier molecular flexibility index (Phi) is 6.95. The van der Waals surface area contributed by atoms with Crippen LogP contribution in [-0.4, -0.2) is 50.5 Å². The van der Waals surface area contributed by atoms with E-state index in [1.165, 1.54) is 18.5 Å². The fraction of sp³-hybridized carbons (Fsp3) is 0.238. The Morgan fingerprint density at radius 3 is 2.53 bits per heavy atom. The number of aliphatic hydroxyl groups is 1. The first-order valence-electron chi connectivity index (χ1n) is 9.32. The molecular weight excluding hydrogens is 449 g/mol. The van der Waals surface area contributed by atoms with Crippen LogP contribution in [-0.2, 0) is 0 Å². The lowest BCUT2D eigenvalue weighted by Gasteiger charge is -2.30. The number of benzene rings is 1. The number of hydrogen-bond acceptors (Lipinski definition) is 5. The maximum absolute atomic E-state index is 13.4. The number of carbonyl (C=O) groups excluding carboxylic acids is 1. The summed E-state index contributed by atoms with van der Waals surface area (Å²) in [6.45, 7) is -0.710. The van der Waals surface area contributed by atoms with Crippen molar-refractivity contribution < 1.29 is 23.1 Å². The van der Waals surface area contributed by atoms with Crippen LogP contribution in [0.5, 0.6) is 0 Å². The monoisotopic (exact) mass is 466 g/mol. The lowest BCUT2D eigenvalue weighted by Crippen LogP contribution is -2.57. The van der Waals surface area contributed by atoms with Gasteiger partial charge in [-0.15, -0.1) is 0 Å². The lowest BCUT2D eigenvalue weighted by atomic mass is 9.98. The maximum Gasteiger partial charge on any atom is 0.284 e. The van der Waals surface area contributed by atoms with Crippen molar-refractivity contribution in [3.05, 3.63) is 75.8 Å².